The number of nitrogens with zero attached hydrogens (tertiary/aromatic N) is 5. The van der Waals surface area contributed by atoms with Crippen LogP contribution < -0.4 is 10.2 Å². The lowest BCUT2D eigenvalue weighted by molar-refractivity contribution is -0.118. The highest BCUT2D eigenvalue weighted by Gasteiger charge is 2.18. The van der Waals surface area contributed by atoms with Crippen LogP contribution in [0.15, 0.2) is 30.5 Å². The molecule has 0 unspecified atom stereocenters. The second-order valence-corrected chi connectivity index (χ2v) is 5.22. The Labute approximate surface area is 133 Å². The number of carbonyl (C=O) groups excluding carboxylic acids is 1. The third-order valence-corrected chi connectivity index (χ3v) is 3.71. The molecule has 2 aromatic rings. The SMILES string of the molecule is O=CN1CCN(c2nncc(NCc3ccccc3F)n2)CC1. The van der Waals surface area contributed by atoms with E-state index in [1.54, 1.807) is 23.1 Å². The van der Waals surface area contributed by atoms with Gasteiger partial charge in [-0.2, -0.15) is 10.1 Å². The number of amides is 1. The van der Waals surface area contributed by atoms with Gasteiger partial charge in [0.2, 0.25) is 12.4 Å². The Morgan fingerprint density at radius 1 is 1.22 bits per heavy atom. The highest BCUT2D eigenvalue weighted by molar-refractivity contribution is 5.48. The van der Waals surface area contributed by atoms with Crippen LogP contribution in [0.3, 0.4) is 0 Å². The van der Waals surface area contributed by atoms with Crippen molar-refractivity contribution in [2.45, 2.75) is 6.54 Å². The number of halogens is 1. The molecule has 1 fully saturated rings. The first-order valence-corrected chi connectivity index (χ1v) is 7.37. The summed E-state index contributed by atoms with van der Waals surface area (Å²) in [5.41, 5.74) is 0.562. The Kier molecular flexibility index (Phi) is 4.60. The lowest BCUT2D eigenvalue weighted by Gasteiger charge is -2.32. The Bertz CT molecular complexity index is 675. The number of aromatic nitrogens is 3. The largest absolute Gasteiger partial charge is 0.364 e. The summed E-state index contributed by atoms with van der Waals surface area (Å²) in [6.07, 6.45) is 2.36. The molecule has 8 heteroatoms. The number of benzene rings is 1. The molecule has 1 aromatic heterocycles. The van der Waals surface area contributed by atoms with Crippen LogP contribution in [0.5, 0.6) is 0 Å². The third kappa shape index (κ3) is 3.71. The quantitative estimate of drug-likeness (QED) is 0.826. The van der Waals surface area contributed by atoms with Gasteiger partial charge in [0.05, 0.1) is 6.20 Å². The van der Waals surface area contributed by atoms with E-state index in [1.165, 1.54) is 12.3 Å². The molecule has 0 saturated carbocycles. The molecular formula is C15H17FN6O. The summed E-state index contributed by atoms with van der Waals surface area (Å²) in [6.45, 7) is 2.93. The summed E-state index contributed by atoms with van der Waals surface area (Å²) in [5, 5.41) is 11.0. The lowest BCUT2D eigenvalue weighted by atomic mass is 10.2. The van der Waals surface area contributed by atoms with Crippen LogP contribution in [0.1, 0.15) is 5.56 Å². The Balaban J connectivity index is 1.64. The number of carbonyl (C=O) groups is 1. The van der Waals surface area contributed by atoms with Crippen molar-refractivity contribution >= 4 is 18.2 Å². The fraction of sp³-hybridized carbons (Fsp3) is 0.333. The average Bonchev–Trinajstić information content (AvgIpc) is 2.61. The van der Waals surface area contributed by atoms with Crippen LogP contribution in [-0.2, 0) is 11.3 Å². The van der Waals surface area contributed by atoms with E-state index in [4.69, 9.17) is 0 Å². The van der Waals surface area contributed by atoms with E-state index in [0.717, 1.165) is 6.41 Å². The molecule has 0 aliphatic carbocycles. The van der Waals surface area contributed by atoms with Gasteiger partial charge in [-0.1, -0.05) is 18.2 Å². The van der Waals surface area contributed by atoms with Gasteiger partial charge in [-0.05, 0) is 6.07 Å². The van der Waals surface area contributed by atoms with Gasteiger partial charge in [0.1, 0.15) is 5.82 Å². The highest BCUT2D eigenvalue weighted by atomic mass is 19.1. The van der Waals surface area contributed by atoms with Crippen molar-refractivity contribution in [3.05, 3.63) is 41.8 Å². The number of rotatable bonds is 5. The molecule has 1 aliphatic heterocycles. The van der Waals surface area contributed by atoms with E-state index in [9.17, 15) is 9.18 Å². The summed E-state index contributed by atoms with van der Waals surface area (Å²) < 4.78 is 13.6. The molecular weight excluding hydrogens is 299 g/mol. The second-order valence-electron chi connectivity index (χ2n) is 5.22. The summed E-state index contributed by atoms with van der Waals surface area (Å²) in [6, 6.07) is 6.59. The topological polar surface area (TPSA) is 74.2 Å². The maximum absolute atomic E-state index is 13.6. The van der Waals surface area contributed by atoms with Gasteiger partial charge in [-0.15, -0.1) is 5.10 Å². The van der Waals surface area contributed by atoms with E-state index >= 15 is 0 Å². The molecule has 120 valence electrons. The summed E-state index contributed by atoms with van der Waals surface area (Å²) in [4.78, 5) is 18.8. The van der Waals surface area contributed by atoms with Crippen LogP contribution >= 0.6 is 0 Å². The molecule has 0 atom stereocenters. The van der Waals surface area contributed by atoms with E-state index in [1.807, 2.05) is 4.90 Å². The van der Waals surface area contributed by atoms with Crippen LogP contribution in [0.4, 0.5) is 16.2 Å². The van der Waals surface area contributed by atoms with Crippen molar-refractivity contribution < 1.29 is 9.18 Å². The Hall–Kier alpha value is -2.77. The van der Waals surface area contributed by atoms with Crippen molar-refractivity contribution in [1.29, 1.82) is 0 Å². The predicted molar refractivity (Wildman–Crippen MR) is 83.4 cm³/mol. The number of anilines is 2. The molecule has 1 saturated heterocycles. The zero-order valence-corrected chi connectivity index (χ0v) is 12.5. The number of hydrogen-bond donors (Lipinski definition) is 1. The minimum Gasteiger partial charge on any atom is -0.364 e. The summed E-state index contributed by atoms with van der Waals surface area (Å²) in [5.74, 6) is 0.789. The normalized spacial score (nSPS) is 14.7. The van der Waals surface area contributed by atoms with E-state index < -0.39 is 0 Å². The molecule has 7 nitrogen and oxygen atoms in total. The van der Waals surface area contributed by atoms with Gasteiger partial charge in [0, 0.05) is 38.3 Å². The first-order valence-electron chi connectivity index (χ1n) is 7.37. The smallest absolute Gasteiger partial charge is 0.247 e. The van der Waals surface area contributed by atoms with Crippen LogP contribution in [0.2, 0.25) is 0 Å². The molecule has 1 amide bonds. The van der Waals surface area contributed by atoms with Gasteiger partial charge >= 0.3 is 0 Å². The first kappa shape index (κ1) is 15.1. The van der Waals surface area contributed by atoms with Crippen molar-refractivity contribution in [3.8, 4) is 0 Å². The summed E-state index contributed by atoms with van der Waals surface area (Å²) >= 11 is 0. The van der Waals surface area contributed by atoms with E-state index in [-0.39, 0.29) is 5.82 Å². The highest BCUT2D eigenvalue weighted by Crippen LogP contribution is 2.13. The minimum absolute atomic E-state index is 0.257. The van der Waals surface area contributed by atoms with Crippen LogP contribution in [0, 0.1) is 5.82 Å². The van der Waals surface area contributed by atoms with Gasteiger partial charge < -0.3 is 15.1 Å². The van der Waals surface area contributed by atoms with Gasteiger partial charge in [0.25, 0.3) is 0 Å². The fourth-order valence-corrected chi connectivity index (χ4v) is 2.37. The summed E-state index contributed by atoms with van der Waals surface area (Å²) in [7, 11) is 0. The van der Waals surface area contributed by atoms with Crippen molar-refractivity contribution in [2.24, 2.45) is 0 Å². The molecule has 3 rings (SSSR count). The van der Waals surface area contributed by atoms with E-state index in [0.29, 0.717) is 50.1 Å². The fourth-order valence-electron chi connectivity index (χ4n) is 2.37. The molecule has 1 aromatic carbocycles. The molecule has 1 aliphatic rings. The Morgan fingerprint density at radius 3 is 2.74 bits per heavy atom. The molecule has 0 radical (unpaired) electrons. The van der Waals surface area contributed by atoms with Gasteiger partial charge in [-0.3, -0.25) is 4.79 Å². The molecule has 1 N–H and O–H groups in total. The van der Waals surface area contributed by atoms with Crippen molar-refractivity contribution in [1.82, 2.24) is 20.1 Å². The molecule has 2 heterocycles. The number of piperazine rings is 1. The third-order valence-electron chi connectivity index (χ3n) is 3.71. The molecule has 0 bridgehead atoms. The zero-order chi connectivity index (χ0) is 16.1. The van der Waals surface area contributed by atoms with Gasteiger partial charge in [0.15, 0.2) is 5.82 Å². The van der Waals surface area contributed by atoms with Crippen LogP contribution in [0.25, 0.3) is 0 Å². The van der Waals surface area contributed by atoms with Gasteiger partial charge in [-0.25, -0.2) is 4.39 Å². The standard InChI is InChI=1S/C15H17FN6O/c16-13-4-2-1-3-12(13)9-17-14-10-18-20-15(19-14)22-7-5-21(11-23)6-8-22/h1-4,10-11H,5-9H2,(H,17,19,20). The van der Waals surface area contributed by atoms with Crippen molar-refractivity contribution in [2.75, 3.05) is 36.4 Å². The Morgan fingerprint density at radius 2 is 2.00 bits per heavy atom. The average molecular weight is 316 g/mol. The minimum atomic E-state index is -0.257. The molecule has 0 spiro atoms. The predicted octanol–water partition coefficient (Wildman–Crippen LogP) is 0.901. The lowest BCUT2D eigenvalue weighted by Crippen LogP contribution is -2.46. The number of hydrogen-bond acceptors (Lipinski definition) is 6. The number of nitrogens with one attached hydrogen (secondary N) is 1. The monoisotopic (exact) mass is 316 g/mol. The first-order chi connectivity index (χ1) is 11.3. The zero-order valence-electron chi connectivity index (χ0n) is 12.5. The molecule has 23 heavy (non-hydrogen) atoms. The second kappa shape index (κ2) is 6.99. The van der Waals surface area contributed by atoms with E-state index in [2.05, 4.69) is 20.5 Å². The maximum atomic E-state index is 13.6. The van der Waals surface area contributed by atoms with Crippen molar-refractivity contribution in [3.63, 3.8) is 0 Å². The van der Waals surface area contributed by atoms with Crippen LogP contribution in [-0.4, -0.2) is 52.7 Å². The maximum Gasteiger partial charge on any atom is 0.247 e.